The molecule has 1 aliphatic rings. The van der Waals surface area contributed by atoms with Gasteiger partial charge in [-0.05, 0) is 39.7 Å². The van der Waals surface area contributed by atoms with E-state index in [0.29, 0.717) is 18.0 Å². The monoisotopic (exact) mass is 236 g/mol. The van der Waals surface area contributed by atoms with E-state index in [1.165, 1.54) is 12.0 Å². The largest absolute Gasteiger partial charge is 0.330 e. The van der Waals surface area contributed by atoms with Crippen LogP contribution in [0.1, 0.15) is 38.8 Å². The highest BCUT2D eigenvalue weighted by atomic mass is 15.3. The van der Waals surface area contributed by atoms with Gasteiger partial charge in [-0.2, -0.15) is 5.10 Å². The SMILES string of the molecule is CCn1cc(C(C)N2CC(CN)CC2C)cn1. The van der Waals surface area contributed by atoms with Crippen LogP contribution in [-0.4, -0.2) is 33.8 Å². The van der Waals surface area contributed by atoms with Crippen LogP contribution in [0.25, 0.3) is 0 Å². The average Bonchev–Trinajstić information content (AvgIpc) is 2.94. The maximum absolute atomic E-state index is 5.78. The van der Waals surface area contributed by atoms with Crippen LogP contribution < -0.4 is 5.73 Å². The minimum atomic E-state index is 0.446. The maximum Gasteiger partial charge on any atom is 0.0537 e. The summed E-state index contributed by atoms with van der Waals surface area (Å²) in [4.78, 5) is 2.55. The Hall–Kier alpha value is -0.870. The number of nitrogens with two attached hydrogens (primary N) is 1. The number of aryl methyl sites for hydroxylation is 1. The Bertz CT molecular complexity index is 360. The van der Waals surface area contributed by atoms with Crippen LogP contribution in [-0.2, 0) is 6.54 Å². The average molecular weight is 236 g/mol. The van der Waals surface area contributed by atoms with E-state index >= 15 is 0 Å². The van der Waals surface area contributed by atoms with Gasteiger partial charge < -0.3 is 5.73 Å². The smallest absolute Gasteiger partial charge is 0.0537 e. The lowest BCUT2D eigenvalue weighted by molar-refractivity contribution is 0.200. The van der Waals surface area contributed by atoms with Crippen molar-refractivity contribution in [2.24, 2.45) is 11.7 Å². The molecule has 2 N–H and O–H groups in total. The van der Waals surface area contributed by atoms with Crippen molar-refractivity contribution in [1.29, 1.82) is 0 Å². The molecule has 0 bridgehead atoms. The van der Waals surface area contributed by atoms with Crippen molar-refractivity contribution in [1.82, 2.24) is 14.7 Å². The molecule has 2 rings (SSSR count). The van der Waals surface area contributed by atoms with E-state index < -0.39 is 0 Å². The molecule has 0 aliphatic carbocycles. The van der Waals surface area contributed by atoms with Crippen molar-refractivity contribution in [2.75, 3.05) is 13.1 Å². The fourth-order valence-corrected chi connectivity index (χ4v) is 2.84. The summed E-state index contributed by atoms with van der Waals surface area (Å²) in [5.74, 6) is 0.661. The highest BCUT2D eigenvalue weighted by Gasteiger charge is 2.32. The van der Waals surface area contributed by atoms with Crippen molar-refractivity contribution in [3.63, 3.8) is 0 Å². The molecular weight excluding hydrogens is 212 g/mol. The highest BCUT2D eigenvalue weighted by Crippen LogP contribution is 2.31. The standard InChI is InChI=1S/C13H24N4/c1-4-16-9-13(7-15-16)11(3)17-8-12(6-14)5-10(17)2/h7,9-12H,4-6,8,14H2,1-3H3. The zero-order valence-electron chi connectivity index (χ0n) is 11.1. The normalized spacial score (nSPS) is 27.5. The molecule has 1 aromatic heterocycles. The molecule has 1 aliphatic heterocycles. The Morgan fingerprint density at radius 3 is 2.88 bits per heavy atom. The molecule has 0 aromatic carbocycles. The van der Waals surface area contributed by atoms with E-state index in [2.05, 4.69) is 37.0 Å². The summed E-state index contributed by atoms with van der Waals surface area (Å²) in [5.41, 5.74) is 7.10. The van der Waals surface area contributed by atoms with Crippen LogP contribution in [0.2, 0.25) is 0 Å². The number of nitrogens with zero attached hydrogens (tertiary/aromatic N) is 3. The third-order valence-corrected chi connectivity index (χ3v) is 4.00. The van der Waals surface area contributed by atoms with Gasteiger partial charge in [0.05, 0.1) is 6.20 Å². The van der Waals surface area contributed by atoms with Gasteiger partial charge in [-0.15, -0.1) is 0 Å². The fourth-order valence-electron chi connectivity index (χ4n) is 2.84. The lowest BCUT2D eigenvalue weighted by Crippen LogP contribution is -2.30. The molecule has 1 aromatic rings. The second kappa shape index (κ2) is 5.19. The van der Waals surface area contributed by atoms with Crippen molar-refractivity contribution >= 4 is 0 Å². The molecule has 1 fully saturated rings. The minimum Gasteiger partial charge on any atom is -0.330 e. The van der Waals surface area contributed by atoms with Crippen LogP contribution in [0.3, 0.4) is 0 Å². The molecule has 4 nitrogen and oxygen atoms in total. The predicted octanol–water partition coefficient (Wildman–Crippen LogP) is 1.63. The molecule has 4 heteroatoms. The molecular formula is C13H24N4. The number of rotatable bonds is 4. The van der Waals surface area contributed by atoms with Gasteiger partial charge in [0.2, 0.25) is 0 Å². The van der Waals surface area contributed by atoms with E-state index in [1.54, 1.807) is 0 Å². The minimum absolute atomic E-state index is 0.446. The van der Waals surface area contributed by atoms with Crippen LogP contribution >= 0.6 is 0 Å². The van der Waals surface area contributed by atoms with Crippen molar-refractivity contribution in [3.8, 4) is 0 Å². The van der Waals surface area contributed by atoms with Crippen molar-refractivity contribution in [3.05, 3.63) is 18.0 Å². The number of hydrogen-bond acceptors (Lipinski definition) is 3. The molecule has 3 unspecified atom stereocenters. The van der Waals surface area contributed by atoms with Crippen LogP contribution in [0.15, 0.2) is 12.4 Å². The molecule has 0 saturated carbocycles. The van der Waals surface area contributed by atoms with Gasteiger partial charge in [0, 0.05) is 36.9 Å². The summed E-state index contributed by atoms with van der Waals surface area (Å²) in [5, 5.41) is 4.36. The molecule has 0 radical (unpaired) electrons. The molecule has 96 valence electrons. The van der Waals surface area contributed by atoms with Gasteiger partial charge in [-0.25, -0.2) is 0 Å². The summed E-state index contributed by atoms with van der Waals surface area (Å²) >= 11 is 0. The topological polar surface area (TPSA) is 47.1 Å². The van der Waals surface area contributed by atoms with Gasteiger partial charge in [0.25, 0.3) is 0 Å². The molecule has 0 amide bonds. The van der Waals surface area contributed by atoms with E-state index in [9.17, 15) is 0 Å². The molecule has 3 atom stereocenters. The summed E-state index contributed by atoms with van der Waals surface area (Å²) in [6.07, 6.45) is 5.38. The van der Waals surface area contributed by atoms with E-state index in [0.717, 1.165) is 19.6 Å². The van der Waals surface area contributed by atoms with E-state index in [1.807, 2.05) is 10.9 Å². The Labute approximate surface area is 104 Å². The van der Waals surface area contributed by atoms with Crippen LogP contribution in [0, 0.1) is 5.92 Å². The lowest BCUT2D eigenvalue weighted by Gasteiger charge is -2.27. The lowest BCUT2D eigenvalue weighted by atomic mass is 10.1. The Kier molecular flexibility index (Phi) is 3.84. The Balaban J connectivity index is 2.06. The molecule has 17 heavy (non-hydrogen) atoms. The maximum atomic E-state index is 5.78. The first-order valence-corrected chi connectivity index (χ1v) is 6.63. The van der Waals surface area contributed by atoms with Gasteiger partial charge in [0.1, 0.15) is 0 Å². The third kappa shape index (κ3) is 2.53. The van der Waals surface area contributed by atoms with Crippen molar-refractivity contribution in [2.45, 2.75) is 45.8 Å². The first-order chi connectivity index (χ1) is 8.15. The van der Waals surface area contributed by atoms with Crippen molar-refractivity contribution < 1.29 is 0 Å². The molecule has 1 saturated heterocycles. The first kappa shape index (κ1) is 12.6. The second-order valence-electron chi connectivity index (χ2n) is 5.19. The molecule has 2 heterocycles. The predicted molar refractivity (Wildman–Crippen MR) is 69.6 cm³/mol. The summed E-state index contributed by atoms with van der Waals surface area (Å²) in [6, 6.07) is 1.07. The summed E-state index contributed by atoms with van der Waals surface area (Å²) in [7, 11) is 0. The fraction of sp³-hybridized carbons (Fsp3) is 0.769. The van der Waals surface area contributed by atoms with E-state index in [-0.39, 0.29) is 0 Å². The Morgan fingerprint density at radius 1 is 1.59 bits per heavy atom. The Morgan fingerprint density at radius 2 is 2.35 bits per heavy atom. The van der Waals surface area contributed by atoms with E-state index in [4.69, 9.17) is 5.73 Å². The molecule has 0 spiro atoms. The summed E-state index contributed by atoms with van der Waals surface area (Å²) in [6.45, 7) is 9.55. The van der Waals surface area contributed by atoms with Gasteiger partial charge in [-0.1, -0.05) is 0 Å². The number of hydrogen-bond donors (Lipinski definition) is 1. The second-order valence-corrected chi connectivity index (χ2v) is 5.19. The van der Waals surface area contributed by atoms with Gasteiger partial charge >= 0.3 is 0 Å². The van der Waals surface area contributed by atoms with Crippen LogP contribution in [0.5, 0.6) is 0 Å². The van der Waals surface area contributed by atoms with Crippen LogP contribution in [0.4, 0.5) is 0 Å². The quantitative estimate of drug-likeness (QED) is 0.864. The van der Waals surface area contributed by atoms with Gasteiger partial charge in [-0.3, -0.25) is 9.58 Å². The number of likely N-dealkylation sites (tertiary alicyclic amines) is 1. The third-order valence-electron chi connectivity index (χ3n) is 4.00. The number of aromatic nitrogens is 2. The highest BCUT2D eigenvalue weighted by molar-refractivity contribution is 5.11. The zero-order chi connectivity index (χ0) is 12.4. The zero-order valence-corrected chi connectivity index (χ0v) is 11.1. The summed E-state index contributed by atoms with van der Waals surface area (Å²) < 4.78 is 1.99. The first-order valence-electron chi connectivity index (χ1n) is 6.63. The van der Waals surface area contributed by atoms with Gasteiger partial charge in [0.15, 0.2) is 0 Å².